The van der Waals surface area contributed by atoms with Gasteiger partial charge >= 0.3 is 0 Å². The van der Waals surface area contributed by atoms with Gasteiger partial charge in [-0.25, -0.2) is 0 Å². The molecule has 1 aliphatic rings. The van der Waals surface area contributed by atoms with Gasteiger partial charge in [-0.05, 0) is 49.0 Å². The predicted octanol–water partition coefficient (Wildman–Crippen LogP) is 3.41. The van der Waals surface area contributed by atoms with Crippen molar-refractivity contribution in [1.29, 1.82) is 5.26 Å². The summed E-state index contributed by atoms with van der Waals surface area (Å²) in [5.41, 5.74) is 1.53. The third kappa shape index (κ3) is 3.82. The molecule has 1 aromatic heterocycles. The molecule has 3 rings (SSSR count). The summed E-state index contributed by atoms with van der Waals surface area (Å²) < 4.78 is 10.9. The lowest BCUT2D eigenvalue weighted by molar-refractivity contribution is -0.117. The van der Waals surface area contributed by atoms with Crippen molar-refractivity contribution in [3.05, 3.63) is 40.8 Å². The second-order valence-electron chi connectivity index (χ2n) is 6.06. The molecule has 0 saturated carbocycles. The Morgan fingerprint density at radius 3 is 2.96 bits per heavy atom. The molecule has 1 amide bonds. The van der Waals surface area contributed by atoms with E-state index >= 15 is 0 Å². The van der Waals surface area contributed by atoms with E-state index in [0.717, 1.165) is 36.4 Å². The fraction of sp³-hybridized carbons (Fsp3) is 0.368. The standard InChI is InChI=1S/C19H21N3O3S/c1-24-14-5-6-17(25-2)15(10-14)16-4-3-8-22(16)12-18(23)21-19-13(11-20)7-9-26-19/h5-7,9-10,16H,3-4,8,12H2,1-2H3,(H,21,23)/t16-/m1/s1. The average Bonchev–Trinajstić information content (AvgIpc) is 3.30. The Balaban J connectivity index is 1.74. The molecule has 1 fully saturated rings. The number of hydrogen-bond acceptors (Lipinski definition) is 6. The number of carbonyl (C=O) groups is 1. The minimum atomic E-state index is -0.113. The highest BCUT2D eigenvalue weighted by molar-refractivity contribution is 7.14. The van der Waals surface area contributed by atoms with Gasteiger partial charge in [0.05, 0.1) is 26.3 Å². The summed E-state index contributed by atoms with van der Waals surface area (Å²) in [5, 5.41) is 14.3. The van der Waals surface area contributed by atoms with E-state index in [1.165, 1.54) is 11.3 Å². The Kier molecular flexibility index (Phi) is 5.76. The van der Waals surface area contributed by atoms with Crippen LogP contribution in [0.3, 0.4) is 0 Å². The molecule has 2 aromatic rings. The number of thiophene rings is 1. The SMILES string of the molecule is COc1ccc(OC)c([C@H]2CCCN2CC(=O)Nc2sccc2C#N)c1. The fourth-order valence-electron chi connectivity index (χ4n) is 3.31. The largest absolute Gasteiger partial charge is 0.497 e. The molecule has 0 spiro atoms. The molecule has 0 aliphatic carbocycles. The van der Waals surface area contributed by atoms with Gasteiger partial charge in [-0.3, -0.25) is 9.69 Å². The highest BCUT2D eigenvalue weighted by Gasteiger charge is 2.30. The van der Waals surface area contributed by atoms with Gasteiger partial charge in [0, 0.05) is 11.6 Å². The number of amides is 1. The average molecular weight is 371 g/mol. The summed E-state index contributed by atoms with van der Waals surface area (Å²) in [5.74, 6) is 1.46. The van der Waals surface area contributed by atoms with Crippen molar-refractivity contribution in [2.24, 2.45) is 0 Å². The Morgan fingerprint density at radius 1 is 1.38 bits per heavy atom. The number of likely N-dealkylation sites (tertiary alicyclic amines) is 1. The molecule has 0 unspecified atom stereocenters. The Labute approximate surface area is 156 Å². The first-order valence-electron chi connectivity index (χ1n) is 8.39. The summed E-state index contributed by atoms with van der Waals surface area (Å²) in [4.78, 5) is 14.6. The van der Waals surface area contributed by atoms with Crippen LogP contribution in [0.15, 0.2) is 29.6 Å². The molecule has 1 atom stereocenters. The Morgan fingerprint density at radius 2 is 2.23 bits per heavy atom. The van der Waals surface area contributed by atoms with Crippen LogP contribution in [-0.4, -0.2) is 38.1 Å². The normalized spacial score (nSPS) is 16.9. The predicted molar refractivity (Wildman–Crippen MR) is 101 cm³/mol. The monoisotopic (exact) mass is 371 g/mol. The van der Waals surface area contributed by atoms with Gasteiger partial charge in [0.1, 0.15) is 22.6 Å². The van der Waals surface area contributed by atoms with E-state index in [-0.39, 0.29) is 18.5 Å². The van der Waals surface area contributed by atoms with Gasteiger partial charge in [-0.15, -0.1) is 11.3 Å². The number of nitriles is 1. The van der Waals surface area contributed by atoms with Gasteiger partial charge in [0.2, 0.25) is 5.91 Å². The summed E-state index contributed by atoms with van der Waals surface area (Å²) in [6.45, 7) is 1.11. The first kappa shape index (κ1) is 18.2. The quantitative estimate of drug-likeness (QED) is 0.842. The first-order valence-corrected chi connectivity index (χ1v) is 9.27. The highest BCUT2D eigenvalue weighted by Crippen LogP contribution is 2.38. The molecule has 2 heterocycles. The summed E-state index contributed by atoms with van der Waals surface area (Å²) in [6, 6.07) is 9.65. The van der Waals surface area contributed by atoms with Crippen molar-refractivity contribution in [2.75, 3.05) is 32.6 Å². The number of nitrogens with zero attached hydrogens (tertiary/aromatic N) is 2. The highest BCUT2D eigenvalue weighted by atomic mass is 32.1. The van der Waals surface area contributed by atoms with Gasteiger partial charge in [0.15, 0.2) is 0 Å². The number of hydrogen-bond donors (Lipinski definition) is 1. The van der Waals surface area contributed by atoms with E-state index in [0.29, 0.717) is 10.6 Å². The van der Waals surface area contributed by atoms with Crippen molar-refractivity contribution in [3.8, 4) is 17.6 Å². The topological polar surface area (TPSA) is 74.6 Å². The maximum atomic E-state index is 12.5. The van der Waals surface area contributed by atoms with Crippen LogP contribution in [0.2, 0.25) is 0 Å². The van der Waals surface area contributed by atoms with E-state index in [1.807, 2.05) is 18.2 Å². The van der Waals surface area contributed by atoms with E-state index in [1.54, 1.807) is 25.7 Å². The van der Waals surface area contributed by atoms with Crippen molar-refractivity contribution >= 4 is 22.2 Å². The number of nitrogens with one attached hydrogen (secondary N) is 1. The second kappa shape index (κ2) is 8.21. The van der Waals surface area contributed by atoms with E-state index in [9.17, 15) is 4.79 Å². The molecule has 1 aliphatic heterocycles. The van der Waals surface area contributed by atoms with Crippen LogP contribution in [0.4, 0.5) is 5.00 Å². The zero-order valence-corrected chi connectivity index (χ0v) is 15.6. The van der Waals surface area contributed by atoms with Crippen LogP contribution in [0.1, 0.15) is 30.0 Å². The fourth-order valence-corrected chi connectivity index (χ4v) is 4.07. The molecule has 0 radical (unpaired) electrons. The summed E-state index contributed by atoms with van der Waals surface area (Å²) in [6.07, 6.45) is 1.97. The number of rotatable bonds is 6. The number of carbonyl (C=O) groups excluding carboxylic acids is 1. The number of benzene rings is 1. The third-order valence-corrected chi connectivity index (χ3v) is 5.37. The van der Waals surface area contributed by atoms with Crippen molar-refractivity contribution in [3.63, 3.8) is 0 Å². The lowest BCUT2D eigenvalue weighted by atomic mass is 10.0. The van der Waals surface area contributed by atoms with Crippen LogP contribution in [0, 0.1) is 11.3 Å². The van der Waals surface area contributed by atoms with Gasteiger partial charge in [-0.2, -0.15) is 5.26 Å². The number of methoxy groups -OCH3 is 2. The van der Waals surface area contributed by atoms with Crippen molar-refractivity contribution < 1.29 is 14.3 Å². The molecule has 1 N–H and O–H groups in total. The van der Waals surface area contributed by atoms with Crippen LogP contribution in [0.25, 0.3) is 0 Å². The van der Waals surface area contributed by atoms with Crippen LogP contribution in [0.5, 0.6) is 11.5 Å². The van der Waals surface area contributed by atoms with Gasteiger partial charge in [0.25, 0.3) is 0 Å². The lowest BCUT2D eigenvalue weighted by Gasteiger charge is -2.26. The third-order valence-electron chi connectivity index (χ3n) is 4.54. The maximum Gasteiger partial charge on any atom is 0.239 e. The van der Waals surface area contributed by atoms with Crippen molar-refractivity contribution in [2.45, 2.75) is 18.9 Å². The molecule has 0 bridgehead atoms. The molecule has 1 saturated heterocycles. The minimum absolute atomic E-state index is 0.101. The van der Waals surface area contributed by atoms with E-state index in [2.05, 4.69) is 16.3 Å². The smallest absolute Gasteiger partial charge is 0.239 e. The Bertz CT molecular complexity index is 828. The molecule has 136 valence electrons. The van der Waals surface area contributed by atoms with Crippen LogP contribution < -0.4 is 14.8 Å². The molecule has 7 heteroatoms. The molecular weight excluding hydrogens is 350 g/mol. The molecule has 1 aromatic carbocycles. The van der Waals surface area contributed by atoms with Crippen LogP contribution >= 0.6 is 11.3 Å². The van der Waals surface area contributed by atoms with E-state index in [4.69, 9.17) is 14.7 Å². The first-order chi connectivity index (χ1) is 12.7. The van der Waals surface area contributed by atoms with Crippen LogP contribution in [-0.2, 0) is 4.79 Å². The maximum absolute atomic E-state index is 12.5. The zero-order chi connectivity index (χ0) is 18.5. The zero-order valence-electron chi connectivity index (χ0n) is 14.8. The lowest BCUT2D eigenvalue weighted by Crippen LogP contribution is -2.33. The number of ether oxygens (including phenoxy) is 2. The summed E-state index contributed by atoms with van der Waals surface area (Å²) >= 11 is 1.36. The molecule has 26 heavy (non-hydrogen) atoms. The van der Waals surface area contributed by atoms with E-state index < -0.39 is 0 Å². The number of anilines is 1. The van der Waals surface area contributed by atoms with Crippen molar-refractivity contribution in [1.82, 2.24) is 4.90 Å². The second-order valence-corrected chi connectivity index (χ2v) is 6.98. The van der Waals surface area contributed by atoms with Gasteiger partial charge < -0.3 is 14.8 Å². The Hall–Kier alpha value is -2.56. The summed E-state index contributed by atoms with van der Waals surface area (Å²) in [7, 11) is 3.29. The molecule has 6 nitrogen and oxygen atoms in total. The molecular formula is C19H21N3O3S. The van der Waals surface area contributed by atoms with Gasteiger partial charge in [-0.1, -0.05) is 0 Å². The minimum Gasteiger partial charge on any atom is -0.497 e.